The summed E-state index contributed by atoms with van der Waals surface area (Å²) in [7, 11) is -3.69. The molecule has 2 aromatic carbocycles. The Labute approximate surface area is 208 Å². The minimum absolute atomic E-state index is 0.0338. The lowest BCUT2D eigenvalue weighted by Gasteiger charge is -2.34. The highest BCUT2D eigenvalue weighted by Gasteiger charge is 2.42. The molecule has 0 atom stereocenters. The highest BCUT2D eigenvalue weighted by Crippen LogP contribution is 2.41. The molecule has 36 heavy (non-hydrogen) atoms. The van der Waals surface area contributed by atoms with Gasteiger partial charge in [-0.25, -0.2) is 8.42 Å². The first-order chi connectivity index (χ1) is 16.9. The molecule has 1 N–H and O–H groups in total. The number of hydrogen-bond donors (Lipinski definition) is 1. The number of rotatable bonds is 6. The first-order valence-electron chi connectivity index (χ1n) is 11.1. The number of para-hydroxylation sites is 1. The third kappa shape index (κ3) is 4.81. The standard InChI is InChI=1S/C24H19ClF3NO6S/c25-18-3-1-2-16-19(30)11-21(35-22(16)18)17-7-4-13(24(26,27)28)10-20(17)34-14-8-12(9-14)23(31)29-36(32,33)15-5-6-15/h1-4,7,10-12,14-15H,5-6,8-9H2,(H,29,31). The Morgan fingerprint density at radius 1 is 1.11 bits per heavy atom. The average molecular weight is 542 g/mol. The summed E-state index contributed by atoms with van der Waals surface area (Å²) in [5.41, 5.74) is -1.21. The minimum Gasteiger partial charge on any atom is -0.490 e. The summed E-state index contributed by atoms with van der Waals surface area (Å²) in [4.78, 5) is 24.9. The summed E-state index contributed by atoms with van der Waals surface area (Å²) < 4.78 is 77.8. The van der Waals surface area contributed by atoms with Crippen LogP contribution in [0.2, 0.25) is 5.02 Å². The summed E-state index contributed by atoms with van der Waals surface area (Å²) in [5.74, 6) is -1.52. The molecule has 2 fully saturated rings. The van der Waals surface area contributed by atoms with Gasteiger partial charge >= 0.3 is 6.18 Å². The molecule has 3 aromatic rings. The van der Waals surface area contributed by atoms with Crippen LogP contribution in [0.3, 0.4) is 0 Å². The van der Waals surface area contributed by atoms with Crippen LogP contribution in [-0.4, -0.2) is 25.7 Å². The van der Waals surface area contributed by atoms with Crippen LogP contribution in [0.25, 0.3) is 22.3 Å². The Kier molecular flexibility index (Phi) is 6.03. The molecular formula is C24H19ClF3NO6S. The number of hydrogen-bond acceptors (Lipinski definition) is 6. The smallest absolute Gasteiger partial charge is 0.416 e. The van der Waals surface area contributed by atoms with E-state index in [2.05, 4.69) is 4.72 Å². The topological polar surface area (TPSA) is 103 Å². The van der Waals surface area contributed by atoms with Gasteiger partial charge in [-0.2, -0.15) is 13.2 Å². The fourth-order valence-electron chi connectivity index (χ4n) is 4.02. The molecule has 0 bridgehead atoms. The van der Waals surface area contributed by atoms with E-state index in [-0.39, 0.29) is 45.9 Å². The summed E-state index contributed by atoms with van der Waals surface area (Å²) in [6.07, 6.45) is -4.03. The molecule has 2 aliphatic carbocycles. The molecule has 0 radical (unpaired) electrons. The zero-order chi connectivity index (χ0) is 25.8. The molecule has 0 spiro atoms. The van der Waals surface area contributed by atoms with Crippen molar-refractivity contribution < 1.29 is 35.5 Å². The maximum absolute atomic E-state index is 13.4. The fourth-order valence-corrected chi connectivity index (χ4v) is 5.60. The second kappa shape index (κ2) is 8.81. The lowest BCUT2D eigenvalue weighted by Crippen LogP contribution is -2.46. The number of benzene rings is 2. The van der Waals surface area contributed by atoms with Gasteiger partial charge in [0.1, 0.15) is 17.6 Å². The Morgan fingerprint density at radius 3 is 2.50 bits per heavy atom. The Bertz CT molecular complexity index is 1530. The van der Waals surface area contributed by atoms with E-state index in [9.17, 15) is 31.2 Å². The molecule has 2 aliphatic rings. The van der Waals surface area contributed by atoms with Gasteiger partial charge in [0.15, 0.2) is 11.0 Å². The van der Waals surface area contributed by atoms with Crippen molar-refractivity contribution in [3.05, 3.63) is 63.3 Å². The summed E-state index contributed by atoms with van der Waals surface area (Å²) in [5, 5.41) is -0.171. The van der Waals surface area contributed by atoms with Crippen molar-refractivity contribution in [3.63, 3.8) is 0 Å². The van der Waals surface area contributed by atoms with E-state index in [0.717, 1.165) is 24.3 Å². The number of carbonyl (C=O) groups is 1. The molecule has 0 unspecified atom stereocenters. The van der Waals surface area contributed by atoms with Gasteiger partial charge in [-0.05, 0) is 56.0 Å². The maximum atomic E-state index is 13.4. The van der Waals surface area contributed by atoms with Crippen LogP contribution in [0.1, 0.15) is 31.2 Å². The van der Waals surface area contributed by atoms with Crippen LogP contribution < -0.4 is 14.9 Å². The first-order valence-corrected chi connectivity index (χ1v) is 13.0. The number of ether oxygens (including phenoxy) is 1. The highest BCUT2D eigenvalue weighted by molar-refractivity contribution is 7.90. The van der Waals surface area contributed by atoms with E-state index in [4.69, 9.17) is 20.8 Å². The van der Waals surface area contributed by atoms with Crippen molar-refractivity contribution >= 4 is 38.5 Å². The lowest BCUT2D eigenvalue weighted by molar-refractivity contribution is -0.137. The number of sulfonamides is 1. The third-order valence-corrected chi connectivity index (χ3v) is 8.38. The highest BCUT2D eigenvalue weighted by atomic mass is 35.5. The van der Waals surface area contributed by atoms with Crippen LogP contribution in [0.4, 0.5) is 13.2 Å². The summed E-state index contributed by atoms with van der Waals surface area (Å²) in [6.45, 7) is 0. The minimum atomic E-state index is -4.65. The fraction of sp³-hybridized carbons (Fsp3) is 0.333. The molecule has 0 aliphatic heterocycles. The van der Waals surface area contributed by atoms with Crippen molar-refractivity contribution in [1.82, 2.24) is 4.72 Å². The van der Waals surface area contributed by atoms with Gasteiger partial charge in [0, 0.05) is 12.0 Å². The second-order valence-electron chi connectivity index (χ2n) is 8.92. The van der Waals surface area contributed by atoms with Gasteiger partial charge in [0.05, 0.1) is 26.8 Å². The van der Waals surface area contributed by atoms with E-state index < -0.39 is 50.4 Å². The number of amides is 1. The zero-order valence-corrected chi connectivity index (χ0v) is 20.0. The van der Waals surface area contributed by atoms with Crippen molar-refractivity contribution in [2.24, 2.45) is 5.92 Å². The Morgan fingerprint density at radius 2 is 1.83 bits per heavy atom. The van der Waals surface area contributed by atoms with Crippen LogP contribution in [-0.2, 0) is 21.0 Å². The molecule has 0 saturated heterocycles. The molecule has 1 aromatic heterocycles. The predicted octanol–water partition coefficient (Wildman–Crippen LogP) is 4.90. The van der Waals surface area contributed by atoms with E-state index in [0.29, 0.717) is 12.8 Å². The zero-order valence-electron chi connectivity index (χ0n) is 18.5. The molecule has 7 nitrogen and oxygen atoms in total. The van der Waals surface area contributed by atoms with Crippen molar-refractivity contribution in [2.45, 2.75) is 43.2 Å². The molecule has 190 valence electrons. The number of fused-ring (bicyclic) bond motifs is 1. The van der Waals surface area contributed by atoms with Gasteiger partial charge in [-0.1, -0.05) is 17.7 Å². The average Bonchev–Trinajstić information content (AvgIpc) is 3.61. The second-order valence-corrected chi connectivity index (χ2v) is 11.3. The van der Waals surface area contributed by atoms with Crippen molar-refractivity contribution in [3.8, 4) is 17.1 Å². The summed E-state index contributed by atoms with van der Waals surface area (Å²) >= 11 is 6.15. The van der Waals surface area contributed by atoms with Crippen molar-refractivity contribution in [1.29, 1.82) is 0 Å². The number of halogens is 4. The third-order valence-electron chi connectivity index (χ3n) is 6.25. The SMILES string of the molecule is O=C(NS(=O)(=O)C1CC1)C1CC(Oc2cc(C(F)(F)F)ccc2-c2cc(=O)c3cccc(Cl)c3o2)C1. The van der Waals surface area contributed by atoms with Crippen LogP contribution in [0, 0.1) is 5.92 Å². The van der Waals surface area contributed by atoms with E-state index in [1.54, 1.807) is 6.07 Å². The Balaban J connectivity index is 1.42. The maximum Gasteiger partial charge on any atom is 0.416 e. The summed E-state index contributed by atoms with van der Waals surface area (Å²) in [6, 6.07) is 8.55. The van der Waals surface area contributed by atoms with Crippen LogP contribution in [0.15, 0.2) is 51.7 Å². The van der Waals surface area contributed by atoms with Gasteiger partial charge < -0.3 is 9.15 Å². The molecule has 12 heteroatoms. The molecule has 5 rings (SSSR count). The largest absolute Gasteiger partial charge is 0.490 e. The number of alkyl halides is 3. The quantitative estimate of drug-likeness (QED) is 0.476. The van der Waals surface area contributed by atoms with Crippen molar-refractivity contribution in [2.75, 3.05) is 0 Å². The van der Waals surface area contributed by atoms with Gasteiger partial charge in [0.25, 0.3) is 0 Å². The molecule has 1 heterocycles. The molecule has 2 saturated carbocycles. The molecule has 1 amide bonds. The first kappa shape index (κ1) is 24.6. The van der Waals surface area contributed by atoms with Crippen LogP contribution in [0.5, 0.6) is 5.75 Å². The van der Waals surface area contributed by atoms with E-state index in [1.165, 1.54) is 12.1 Å². The molecular weight excluding hydrogens is 523 g/mol. The van der Waals surface area contributed by atoms with Gasteiger partial charge in [-0.3, -0.25) is 14.3 Å². The Hall–Kier alpha value is -3.05. The predicted molar refractivity (Wildman–Crippen MR) is 125 cm³/mol. The lowest BCUT2D eigenvalue weighted by atomic mass is 9.82. The van der Waals surface area contributed by atoms with Gasteiger partial charge in [0.2, 0.25) is 15.9 Å². The number of carbonyl (C=O) groups excluding carboxylic acids is 1. The van der Waals surface area contributed by atoms with E-state index >= 15 is 0 Å². The van der Waals surface area contributed by atoms with Crippen LogP contribution >= 0.6 is 11.6 Å². The van der Waals surface area contributed by atoms with Gasteiger partial charge in [-0.15, -0.1) is 0 Å². The van der Waals surface area contributed by atoms with E-state index in [1.807, 2.05) is 0 Å². The number of nitrogens with one attached hydrogen (secondary N) is 1. The normalized spacial score (nSPS) is 20.1. The monoisotopic (exact) mass is 541 g/mol.